The van der Waals surface area contributed by atoms with Crippen molar-refractivity contribution < 1.29 is 14.3 Å². The van der Waals surface area contributed by atoms with Gasteiger partial charge < -0.3 is 15.4 Å². The number of hydrogen-bond donors (Lipinski definition) is 3. The number of amides is 2. The largest absolute Gasteiger partial charge is 0.441 e. The Morgan fingerprint density at radius 2 is 1.60 bits per heavy atom. The third-order valence-corrected chi connectivity index (χ3v) is 6.41. The normalized spacial score (nSPS) is 14.3. The number of para-hydroxylation sites is 2. The van der Waals surface area contributed by atoms with E-state index in [1.54, 1.807) is 48.8 Å². The molecule has 1 fully saturated rings. The van der Waals surface area contributed by atoms with Gasteiger partial charge >= 0.3 is 6.09 Å². The van der Waals surface area contributed by atoms with Crippen LogP contribution in [0.1, 0.15) is 34.9 Å². The molecule has 1 atom stereocenters. The van der Waals surface area contributed by atoms with Gasteiger partial charge in [-0.25, -0.2) is 4.79 Å². The van der Waals surface area contributed by atoms with Crippen LogP contribution in [0.25, 0.3) is 0 Å². The second-order valence-electron chi connectivity index (χ2n) is 7.95. The highest BCUT2D eigenvalue weighted by molar-refractivity contribution is 6.42. The Bertz CT molecular complexity index is 1160. The number of nitrogens with one attached hydrogen (secondary N) is 3. The van der Waals surface area contributed by atoms with Crippen LogP contribution in [0.5, 0.6) is 0 Å². The van der Waals surface area contributed by atoms with Crippen LogP contribution in [0.3, 0.4) is 0 Å². The van der Waals surface area contributed by atoms with Crippen molar-refractivity contribution in [1.82, 2.24) is 10.3 Å². The second kappa shape index (κ2) is 12.7. The molecule has 1 saturated heterocycles. The first-order valence-corrected chi connectivity index (χ1v) is 11.7. The minimum atomic E-state index is -0.600. The van der Waals surface area contributed by atoms with Crippen LogP contribution in [0, 0.1) is 5.92 Å². The van der Waals surface area contributed by atoms with E-state index in [2.05, 4.69) is 20.9 Å². The Balaban J connectivity index is 0.00000342. The van der Waals surface area contributed by atoms with Crippen molar-refractivity contribution in [2.24, 2.45) is 5.92 Å². The molecule has 7 nitrogen and oxygen atoms in total. The lowest BCUT2D eigenvalue weighted by Gasteiger charge is -2.30. The molecule has 1 aliphatic heterocycles. The molecule has 2 amide bonds. The van der Waals surface area contributed by atoms with E-state index in [4.69, 9.17) is 27.9 Å². The van der Waals surface area contributed by atoms with E-state index < -0.39 is 12.2 Å². The molecule has 35 heavy (non-hydrogen) atoms. The standard InChI is InChI=1S/C25H24Cl2N4O3.ClH/c26-19-6-5-18(15-20(19)27)24(32)30-21-3-1-2-4-22(21)31-25(33)34-23(16-7-11-28-12-8-16)17-9-13-29-14-10-17;/h1-8,11-12,15,17,23,29H,9-10,13-14H2,(H,30,32)(H,31,33);1H. The van der Waals surface area contributed by atoms with Gasteiger partial charge in [-0.2, -0.15) is 0 Å². The number of anilines is 2. The molecule has 184 valence electrons. The van der Waals surface area contributed by atoms with Crippen LogP contribution < -0.4 is 16.0 Å². The lowest BCUT2D eigenvalue weighted by molar-refractivity contribution is 0.0591. The summed E-state index contributed by atoms with van der Waals surface area (Å²) in [5, 5.41) is 9.55. The maximum absolute atomic E-state index is 12.9. The van der Waals surface area contributed by atoms with Crippen molar-refractivity contribution in [2.45, 2.75) is 18.9 Å². The SMILES string of the molecule is Cl.O=C(Nc1ccccc1NC(=O)c1ccc(Cl)c(Cl)c1)OC(c1ccncc1)C1CCNCC1. The number of pyridine rings is 1. The first-order valence-electron chi connectivity index (χ1n) is 10.9. The fourth-order valence-electron chi connectivity index (χ4n) is 3.92. The number of hydrogen-bond acceptors (Lipinski definition) is 5. The predicted octanol–water partition coefficient (Wildman–Crippen LogP) is 6.35. The molecule has 1 unspecified atom stereocenters. The summed E-state index contributed by atoms with van der Waals surface area (Å²) >= 11 is 12.0. The third-order valence-electron chi connectivity index (χ3n) is 5.67. The summed E-state index contributed by atoms with van der Waals surface area (Å²) in [6.07, 6.45) is 4.18. The minimum Gasteiger partial charge on any atom is -0.441 e. The Morgan fingerprint density at radius 1 is 0.943 bits per heavy atom. The maximum Gasteiger partial charge on any atom is 0.412 e. The fourth-order valence-corrected chi connectivity index (χ4v) is 4.22. The lowest BCUT2D eigenvalue weighted by Crippen LogP contribution is -2.33. The smallest absolute Gasteiger partial charge is 0.412 e. The number of halogens is 3. The van der Waals surface area contributed by atoms with Crippen LogP contribution in [-0.2, 0) is 4.74 Å². The number of piperidine rings is 1. The molecule has 0 aliphatic carbocycles. The van der Waals surface area contributed by atoms with Gasteiger partial charge in [0.2, 0.25) is 0 Å². The van der Waals surface area contributed by atoms with Crippen LogP contribution >= 0.6 is 35.6 Å². The number of aromatic nitrogens is 1. The monoisotopic (exact) mass is 534 g/mol. The minimum absolute atomic E-state index is 0. The molecule has 0 bridgehead atoms. The molecule has 4 rings (SSSR count). The highest BCUT2D eigenvalue weighted by Gasteiger charge is 2.28. The summed E-state index contributed by atoms with van der Waals surface area (Å²) in [5.74, 6) is -0.190. The van der Waals surface area contributed by atoms with Crippen LogP contribution in [0.15, 0.2) is 67.0 Å². The quantitative estimate of drug-likeness (QED) is 0.342. The van der Waals surface area contributed by atoms with Crippen molar-refractivity contribution in [3.05, 3.63) is 88.2 Å². The van der Waals surface area contributed by atoms with E-state index in [-0.39, 0.29) is 29.3 Å². The summed E-state index contributed by atoms with van der Waals surface area (Å²) in [6, 6.07) is 15.3. The van der Waals surface area contributed by atoms with Crippen molar-refractivity contribution >= 4 is 59.0 Å². The van der Waals surface area contributed by atoms with Gasteiger partial charge in [0.15, 0.2) is 0 Å². The van der Waals surface area contributed by atoms with Crippen molar-refractivity contribution in [2.75, 3.05) is 23.7 Å². The Labute approximate surface area is 220 Å². The van der Waals surface area contributed by atoms with E-state index >= 15 is 0 Å². The zero-order valence-corrected chi connectivity index (χ0v) is 21.0. The number of carbonyl (C=O) groups is 2. The van der Waals surface area contributed by atoms with Crippen molar-refractivity contribution in [3.8, 4) is 0 Å². The molecule has 2 heterocycles. The molecule has 1 aliphatic rings. The van der Waals surface area contributed by atoms with Crippen LogP contribution in [0.4, 0.5) is 16.2 Å². The van der Waals surface area contributed by atoms with E-state index in [1.807, 2.05) is 12.1 Å². The van der Waals surface area contributed by atoms with Gasteiger partial charge in [-0.05, 0) is 74.0 Å². The van der Waals surface area contributed by atoms with Gasteiger partial charge in [0.1, 0.15) is 6.10 Å². The topological polar surface area (TPSA) is 92.4 Å². The Kier molecular flexibility index (Phi) is 9.74. The molecule has 3 aromatic rings. The van der Waals surface area contributed by atoms with Gasteiger partial charge in [0.05, 0.1) is 21.4 Å². The molecule has 0 radical (unpaired) electrons. The van der Waals surface area contributed by atoms with Gasteiger partial charge in [-0.1, -0.05) is 35.3 Å². The fraction of sp³-hybridized carbons (Fsp3) is 0.240. The van der Waals surface area contributed by atoms with Crippen molar-refractivity contribution in [1.29, 1.82) is 0 Å². The highest BCUT2D eigenvalue weighted by atomic mass is 35.5. The number of benzene rings is 2. The van der Waals surface area contributed by atoms with Gasteiger partial charge in [-0.3, -0.25) is 15.1 Å². The number of nitrogens with zero attached hydrogens (tertiary/aromatic N) is 1. The summed E-state index contributed by atoms with van der Waals surface area (Å²) < 4.78 is 5.90. The molecule has 0 saturated carbocycles. The molecule has 0 spiro atoms. The lowest BCUT2D eigenvalue weighted by atomic mass is 9.88. The van der Waals surface area contributed by atoms with E-state index in [0.29, 0.717) is 22.0 Å². The van der Waals surface area contributed by atoms with Gasteiger partial charge in [0.25, 0.3) is 5.91 Å². The zero-order valence-electron chi connectivity index (χ0n) is 18.7. The maximum atomic E-state index is 12.9. The highest BCUT2D eigenvalue weighted by Crippen LogP contribution is 2.33. The summed E-state index contributed by atoms with van der Waals surface area (Å²) in [4.78, 5) is 29.7. The number of rotatable bonds is 6. The molecule has 2 aromatic carbocycles. The van der Waals surface area contributed by atoms with Crippen LogP contribution in [-0.4, -0.2) is 30.1 Å². The van der Waals surface area contributed by atoms with Crippen molar-refractivity contribution in [3.63, 3.8) is 0 Å². The zero-order chi connectivity index (χ0) is 23.9. The summed E-state index contributed by atoms with van der Waals surface area (Å²) in [5.41, 5.74) is 2.09. The number of carbonyl (C=O) groups excluding carboxylic acids is 2. The van der Waals surface area contributed by atoms with E-state index in [9.17, 15) is 9.59 Å². The molecule has 3 N–H and O–H groups in total. The average molecular weight is 536 g/mol. The average Bonchev–Trinajstić information content (AvgIpc) is 2.86. The summed E-state index contributed by atoms with van der Waals surface area (Å²) in [6.45, 7) is 1.75. The Hall–Kier alpha value is -2.84. The molecular formula is C25H25Cl3N4O3. The molecule has 1 aromatic heterocycles. The van der Waals surface area contributed by atoms with E-state index in [0.717, 1.165) is 31.5 Å². The van der Waals surface area contributed by atoms with Crippen LogP contribution in [0.2, 0.25) is 10.0 Å². The molecule has 10 heteroatoms. The predicted molar refractivity (Wildman–Crippen MR) is 141 cm³/mol. The first-order chi connectivity index (χ1) is 16.5. The third kappa shape index (κ3) is 7.08. The molecular weight excluding hydrogens is 511 g/mol. The van der Waals surface area contributed by atoms with E-state index in [1.165, 1.54) is 6.07 Å². The summed E-state index contributed by atoms with van der Waals surface area (Å²) in [7, 11) is 0. The first kappa shape index (κ1) is 26.8. The van der Waals surface area contributed by atoms with Gasteiger partial charge in [-0.15, -0.1) is 12.4 Å². The number of ether oxygens (including phenoxy) is 1. The Morgan fingerprint density at radius 3 is 2.26 bits per heavy atom. The second-order valence-corrected chi connectivity index (χ2v) is 8.76. The van der Waals surface area contributed by atoms with Gasteiger partial charge in [0, 0.05) is 23.9 Å².